The van der Waals surface area contributed by atoms with E-state index in [2.05, 4.69) is 0 Å². The van der Waals surface area contributed by atoms with Crippen LogP contribution >= 0.6 is 7.60 Å². The van der Waals surface area contributed by atoms with Gasteiger partial charge >= 0.3 is 13.6 Å². The van der Waals surface area contributed by atoms with Gasteiger partial charge in [-0.2, -0.15) is 0 Å². The van der Waals surface area contributed by atoms with E-state index >= 15 is 0 Å². The first kappa shape index (κ1) is 16.7. The van der Waals surface area contributed by atoms with Crippen LogP contribution in [0.1, 0.15) is 57.8 Å². The molecule has 0 heterocycles. The second kappa shape index (κ2) is 8.03. The van der Waals surface area contributed by atoms with E-state index in [4.69, 9.17) is 14.9 Å². The summed E-state index contributed by atoms with van der Waals surface area (Å²) in [6, 6.07) is 0. The zero-order valence-corrected chi connectivity index (χ0v) is 12.2. The quantitative estimate of drug-likeness (QED) is 0.598. The first-order valence-corrected chi connectivity index (χ1v) is 8.94. The van der Waals surface area contributed by atoms with Crippen molar-refractivity contribution in [2.24, 2.45) is 11.8 Å². The highest BCUT2D eigenvalue weighted by Crippen LogP contribution is 2.41. The lowest BCUT2D eigenvalue weighted by atomic mass is 9.77. The highest BCUT2D eigenvalue weighted by Gasteiger charge is 2.26. The van der Waals surface area contributed by atoms with Crippen LogP contribution in [-0.4, -0.2) is 27.0 Å². The topological polar surface area (TPSA) is 94.8 Å². The molecular formula is C13H25O5P. The molecule has 0 amide bonds. The van der Waals surface area contributed by atoms with E-state index in [9.17, 15) is 9.36 Å². The van der Waals surface area contributed by atoms with Gasteiger partial charge in [0.2, 0.25) is 0 Å². The predicted octanol–water partition coefficient (Wildman–Crippen LogP) is 3.01. The highest BCUT2D eigenvalue weighted by molar-refractivity contribution is 7.51. The minimum Gasteiger partial charge on any atom is -0.481 e. The van der Waals surface area contributed by atoms with Gasteiger partial charge in [0.1, 0.15) is 0 Å². The van der Waals surface area contributed by atoms with Crippen LogP contribution in [0.3, 0.4) is 0 Å². The van der Waals surface area contributed by atoms with E-state index in [0.29, 0.717) is 18.8 Å². The molecule has 1 aliphatic rings. The average Bonchev–Trinajstić information content (AvgIpc) is 2.33. The molecular weight excluding hydrogens is 267 g/mol. The molecule has 1 saturated carbocycles. The van der Waals surface area contributed by atoms with Crippen molar-refractivity contribution in [2.45, 2.75) is 57.8 Å². The predicted molar refractivity (Wildman–Crippen MR) is 73.1 cm³/mol. The highest BCUT2D eigenvalue weighted by atomic mass is 31.2. The summed E-state index contributed by atoms with van der Waals surface area (Å²) in [5.41, 5.74) is 0. The summed E-state index contributed by atoms with van der Waals surface area (Å²) in [6.45, 7) is 0. The van der Waals surface area contributed by atoms with Crippen LogP contribution < -0.4 is 0 Å². The molecule has 0 spiro atoms. The second-order valence-electron chi connectivity index (χ2n) is 5.62. The van der Waals surface area contributed by atoms with Crippen molar-refractivity contribution < 1.29 is 24.3 Å². The lowest BCUT2D eigenvalue weighted by Crippen LogP contribution is -2.19. The number of carboxylic acid groups (broad SMARTS) is 1. The Hall–Kier alpha value is -0.380. The lowest BCUT2D eigenvalue weighted by molar-refractivity contribution is -0.137. The van der Waals surface area contributed by atoms with Gasteiger partial charge in [-0.15, -0.1) is 0 Å². The minimum absolute atomic E-state index is 0.0682. The molecule has 0 aliphatic heterocycles. The van der Waals surface area contributed by atoms with Crippen LogP contribution in [0.15, 0.2) is 0 Å². The molecule has 5 nitrogen and oxygen atoms in total. The number of aliphatic carboxylic acids is 1. The van der Waals surface area contributed by atoms with Crippen molar-refractivity contribution in [2.75, 3.05) is 6.16 Å². The standard InChI is InChI=1S/C13H25O5P/c14-13(15)8-4-7-12(9-10-19(16,17)18)11-5-2-1-3-6-11/h11-12H,1-10H2,(H,14,15)(H2,16,17,18). The van der Waals surface area contributed by atoms with Crippen molar-refractivity contribution in [3.05, 3.63) is 0 Å². The fourth-order valence-corrected chi connectivity index (χ4v) is 3.74. The summed E-state index contributed by atoms with van der Waals surface area (Å²) < 4.78 is 11.0. The summed E-state index contributed by atoms with van der Waals surface area (Å²) in [6.07, 6.45) is 7.87. The van der Waals surface area contributed by atoms with E-state index in [0.717, 1.165) is 19.3 Å². The van der Waals surface area contributed by atoms with Crippen molar-refractivity contribution >= 4 is 13.6 Å². The van der Waals surface area contributed by atoms with Gasteiger partial charge in [0, 0.05) is 6.42 Å². The molecule has 3 N–H and O–H groups in total. The molecule has 0 aromatic carbocycles. The fourth-order valence-electron chi connectivity index (χ4n) is 3.07. The summed E-state index contributed by atoms with van der Waals surface area (Å²) in [4.78, 5) is 28.5. The maximum Gasteiger partial charge on any atom is 0.325 e. The molecule has 1 aliphatic carbocycles. The zero-order chi connectivity index (χ0) is 14.3. The third kappa shape index (κ3) is 7.71. The van der Waals surface area contributed by atoms with E-state index < -0.39 is 13.6 Å². The fraction of sp³-hybridized carbons (Fsp3) is 0.923. The molecule has 1 rings (SSSR count). The molecule has 0 saturated heterocycles. The van der Waals surface area contributed by atoms with Gasteiger partial charge in [-0.05, 0) is 31.1 Å². The van der Waals surface area contributed by atoms with Crippen molar-refractivity contribution in [3.63, 3.8) is 0 Å². The summed E-state index contributed by atoms with van der Waals surface area (Å²) in [5, 5.41) is 8.67. The molecule has 0 aromatic rings. The average molecular weight is 292 g/mol. The molecule has 1 unspecified atom stereocenters. The monoisotopic (exact) mass is 292 g/mol. The van der Waals surface area contributed by atoms with Crippen molar-refractivity contribution in [1.82, 2.24) is 0 Å². The number of rotatable bonds is 8. The van der Waals surface area contributed by atoms with Gasteiger partial charge in [-0.25, -0.2) is 0 Å². The Morgan fingerprint density at radius 1 is 1.16 bits per heavy atom. The Balaban J connectivity index is 2.45. The molecule has 6 heteroatoms. The molecule has 19 heavy (non-hydrogen) atoms. The number of hydrogen-bond donors (Lipinski definition) is 3. The Morgan fingerprint density at radius 2 is 1.79 bits per heavy atom. The first-order chi connectivity index (χ1) is 8.88. The molecule has 1 fully saturated rings. The SMILES string of the molecule is O=C(O)CCCC(CCP(=O)(O)O)C1CCCCC1. The summed E-state index contributed by atoms with van der Waals surface area (Å²) in [7, 11) is -3.94. The first-order valence-electron chi connectivity index (χ1n) is 7.15. The Labute approximate surface area is 114 Å². The largest absolute Gasteiger partial charge is 0.481 e. The maximum atomic E-state index is 11.0. The zero-order valence-electron chi connectivity index (χ0n) is 11.3. The molecule has 0 bridgehead atoms. The molecule has 112 valence electrons. The third-order valence-electron chi connectivity index (χ3n) is 4.07. The maximum absolute atomic E-state index is 11.0. The van der Waals surface area contributed by atoms with Crippen molar-refractivity contribution in [1.29, 1.82) is 0 Å². The van der Waals surface area contributed by atoms with Gasteiger partial charge in [-0.3, -0.25) is 9.36 Å². The lowest BCUT2D eigenvalue weighted by Gasteiger charge is -2.30. The van der Waals surface area contributed by atoms with Gasteiger partial charge in [0.25, 0.3) is 0 Å². The van der Waals surface area contributed by atoms with Crippen LogP contribution in [0.4, 0.5) is 0 Å². The Bertz CT molecular complexity index is 319. The van der Waals surface area contributed by atoms with Crippen LogP contribution in [0.2, 0.25) is 0 Å². The normalized spacial score (nSPS) is 19.3. The number of carboxylic acids is 1. The molecule has 1 atom stereocenters. The smallest absolute Gasteiger partial charge is 0.325 e. The summed E-state index contributed by atoms with van der Waals surface area (Å²) in [5.74, 6) is -0.00116. The number of hydrogen-bond acceptors (Lipinski definition) is 2. The van der Waals surface area contributed by atoms with Crippen molar-refractivity contribution in [3.8, 4) is 0 Å². The van der Waals surface area contributed by atoms with Crippen LogP contribution in [0, 0.1) is 11.8 Å². The number of carbonyl (C=O) groups is 1. The minimum atomic E-state index is -3.94. The van der Waals surface area contributed by atoms with Gasteiger partial charge in [-0.1, -0.05) is 32.1 Å². The Kier molecular flexibility index (Phi) is 7.05. The van der Waals surface area contributed by atoms with Crippen LogP contribution in [-0.2, 0) is 9.36 Å². The Morgan fingerprint density at radius 3 is 2.32 bits per heavy atom. The van der Waals surface area contributed by atoms with Crippen LogP contribution in [0.25, 0.3) is 0 Å². The van der Waals surface area contributed by atoms with Gasteiger partial charge < -0.3 is 14.9 Å². The van der Waals surface area contributed by atoms with Crippen LogP contribution in [0.5, 0.6) is 0 Å². The second-order valence-corrected chi connectivity index (χ2v) is 7.40. The van der Waals surface area contributed by atoms with Gasteiger partial charge in [0.05, 0.1) is 6.16 Å². The molecule has 0 aromatic heterocycles. The molecule has 0 radical (unpaired) electrons. The van der Waals surface area contributed by atoms with Gasteiger partial charge in [0.15, 0.2) is 0 Å². The van der Waals surface area contributed by atoms with E-state index in [1.54, 1.807) is 0 Å². The summed E-state index contributed by atoms with van der Waals surface area (Å²) >= 11 is 0. The van der Waals surface area contributed by atoms with E-state index in [-0.39, 0.29) is 18.5 Å². The van der Waals surface area contributed by atoms with E-state index in [1.807, 2.05) is 0 Å². The third-order valence-corrected chi connectivity index (χ3v) is 4.91. The van der Waals surface area contributed by atoms with E-state index in [1.165, 1.54) is 19.3 Å².